The molecule has 0 amide bonds. The number of hydrogen-bond acceptors (Lipinski definition) is 3. The Balaban J connectivity index is 1.72. The van der Waals surface area contributed by atoms with Crippen LogP contribution in [0.5, 0.6) is 0 Å². The third kappa shape index (κ3) is 4.09. The third-order valence-corrected chi connectivity index (χ3v) is 4.49. The highest BCUT2D eigenvalue weighted by molar-refractivity contribution is 7.99. The highest BCUT2D eigenvalue weighted by Gasteiger charge is 2.14. The highest BCUT2D eigenvalue weighted by atomic mass is 35.5. The maximum absolute atomic E-state index is 6.10. The summed E-state index contributed by atoms with van der Waals surface area (Å²) in [6.45, 7) is 0.943. The Morgan fingerprint density at radius 2 is 2.35 bits per heavy atom. The lowest BCUT2D eigenvalue weighted by Gasteiger charge is -2.09. The first kappa shape index (κ1) is 13.1. The van der Waals surface area contributed by atoms with E-state index in [1.165, 1.54) is 19.3 Å². The van der Waals surface area contributed by atoms with Crippen molar-refractivity contribution in [1.82, 2.24) is 0 Å². The first-order valence-electron chi connectivity index (χ1n) is 6.05. The largest absolute Gasteiger partial charge is 0.399 e. The normalized spacial score (nSPS) is 19.7. The molecule has 1 saturated heterocycles. The van der Waals surface area contributed by atoms with E-state index in [4.69, 9.17) is 22.1 Å². The number of nitrogens with two attached hydrogens (primary N) is 1. The number of ether oxygens (including phenoxy) is 1. The summed E-state index contributed by atoms with van der Waals surface area (Å²) in [5, 5.41) is 0.793. The van der Waals surface area contributed by atoms with Gasteiger partial charge in [-0.3, -0.25) is 0 Å². The van der Waals surface area contributed by atoms with Crippen molar-refractivity contribution in [2.24, 2.45) is 0 Å². The van der Waals surface area contributed by atoms with Gasteiger partial charge in [-0.1, -0.05) is 11.6 Å². The molecule has 1 heterocycles. The fourth-order valence-corrected chi connectivity index (χ4v) is 3.23. The second kappa shape index (κ2) is 6.53. The van der Waals surface area contributed by atoms with Crippen LogP contribution < -0.4 is 5.73 Å². The van der Waals surface area contributed by atoms with Gasteiger partial charge >= 0.3 is 0 Å². The molecule has 0 saturated carbocycles. The Labute approximate surface area is 112 Å². The summed E-state index contributed by atoms with van der Waals surface area (Å²) in [6, 6.07) is 5.64. The minimum atomic E-state index is 0.493. The van der Waals surface area contributed by atoms with Gasteiger partial charge in [0.05, 0.1) is 11.1 Å². The van der Waals surface area contributed by atoms with Crippen molar-refractivity contribution >= 4 is 29.1 Å². The minimum absolute atomic E-state index is 0.493. The lowest BCUT2D eigenvalue weighted by Crippen LogP contribution is -2.04. The van der Waals surface area contributed by atoms with Crippen molar-refractivity contribution in [1.29, 1.82) is 0 Å². The summed E-state index contributed by atoms with van der Waals surface area (Å²) in [4.78, 5) is 1.08. The maximum atomic E-state index is 6.10. The summed E-state index contributed by atoms with van der Waals surface area (Å²) in [5.74, 6) is 1.07. The predicted molar refractivity (Wildman–Crippen MR) is 74.8 cm³/mol. The molecule has 0 radical (unpaired) electrons. The van der Waals surface area contributed by atoms with Crippen LogP contribution in [0.3, 0.4) is 0 Å². The Morgan fingerprint density at radius 3 is 3.12 bits per heavy atom. The molecule has 0 aliphatic carbocycles. The van der Waals surface area contributed by atoms with Gasteiger partial charge in [0.1, 0.15) is 0 Å². The molecule has 1 aromatic carbocycles. The molecule has 1 atom stereocenters. The highest BCUT2D eigenvalue weighted by Crippen LogP contribution is 2.30. The van der Waals surface area contributed by atoms with Gasteiger partial charge in [0.15, 0.2) is 0 Å². The summed E-state index contributed by atoms with van der Waals surface area (Å²) in [7, 11) is 0. The number of nitrogen functional groups attached to an aromatic ring is 1. The van der Waals surface area contributed by atoms with Gasteiger partial charge in [-0.05, 0) is 49.6 Å². The standard InChI is InChI=1S/C13H18ClNOS/c14-12-6-5-10(15)9-13(12)17-8-2-4-11-3-1-7-16-11/h5-6,9,11H,1-4,7-8,15H2. The van der Waals surface area contributed by atoms with E-state index in [1.807, 2.05) is 18.2 Å². The van der Waals surface area contributed by atoms with E-state index in [0.717, 1.165) is 34.4 Å². The Bertz CT molecular complexity index is 366. The molecule has 1 aliphatic heterocycles. The zero-order chi connectivity index (χ0) is 12.1. The number of rotatable bonds is 5. The summed E-state index contributed by atoms with van der Waals surface area (Å²) >= 11 is 7.88. The van der Waals surface area contributed by atoms with Crippen LogP contribution in [-0.4, -0.2) is 18.5 Å². The number of hydrogen-bond donors (Lipinski definition) is 1. The average molecular weight is 272 g/mol. The van der Waals surface area contributed by atoms with Gasteiger partial charge in [0.2, 0.25) is 0 Å². The Morgan fingerprint density at radius 1 is 1.47 bits per heavy atom. The quantitative estimate of drug-likeness (QED) is 0.500. The molecule has 2 N–H and O–H groups in total. The van der Waals surface area contributed by atoms with Gasteiger partial charge in [-0.2, -0.15) is 0 Å². The molecule has 1 aliphatic rings. The monoisotopic (exact) mass is 271 g/mol. The van der Waals surface area contributed by atoms with E-state index in [1.54, 1.807) is 11.8 Å². The number of thioether (sulfide) groups is 1. The lowest BCUT2D eigenvalue weighted by atomic mass is 10.1. The van der Waals surface area contributed by atoms with Crippen molar-refractivity contribution in [3.05, 3.63) is 23.2 Å². The van der Waals surface area contributed by atoms with Gasteiger partial charge in [-0.25, -0.2) is 0 Å². The molecular formula is C13H18ClNOS. The van der Waals surface area contributed by atoms with Crippen molar-refractivity contribution in [3.63, 3.8) is 0 Å². The van der Waals surface area contributed by atoms with Gasteiger partial charge in [-0.15, -0.1) is 11.8 Å². The van der Waals surface area contributed by atoms with Crippen molar-refractivity contribution in [2.75, 3.05) is 18.1 Å². The first-order chi connectivity index (χ1) is 8.25. The molecule has 0 aromatic heterocycles. The SMILES string of the molecule is Nc1ccc(Cl)c(SCCCC2CCCO2)c1. The van der Waals surface area contributed by atoms with Crippen LogP contribution in [0.15, 0.2) is 23.1 Å². The molecule has 94 valence electrons. The molecule has 4 heteroatoms. The molecule has 1 unspecified atom stereocenters. The van der Waals surface area contributed by atoms with E-state index in [9.17, 15) is 0 Å². The number of halogens is 1. The van der Waals surface area contributed by atoms with Crippen LogP contribution in [0.2, 0.25) is 5.02 Å². The average Bonchev–Trinajstić information content (AvgIpc) is 2.82. The molecule has 1 aromatic rings. The van der Waals surface area contributed by atoms with E-state index in [2.05, 4.69) is 0 Å². The van der Waals surface area contributed by atoms with E-state index in [0.29, 0.717) is 6.10 Å². The van der Waals surface area contributed by atoms with Crippen LogP contribution in [0.4, 0.5) is 5.69 Å². The third-order valence-electron chi connectivity index (χ3n) is 2.91. The Kier molecular flexibility index (Phi) is 5.01. The summed E-state index contributed by atoms with van der Waals surface area (Å²) < 4.78 is 5.59. The predicted octanol–water partition coefficient (Wildman–Crippen LogP) is 3.97. The molecule has 2 rings (SSSR count). The fourth-order valence-electron chi connectivity index (χ4n) is 2.00. The fraction of sp³-hybridized carbons (Fsp3) is 0.538. The topological polar surface area (TPSA) is 35.2 Å². The second-order valence-electron chi connectivity index (χ2n) is 4.32. The number of benzene rings is 1. The van der Waals surface area contributed by atoms with Crippen LogP contribution >= 0.6 is 23.4 Å². The van der Waals surface area contributed by atoms with Crippen LogP contribution in [-0.2, 0) is 4.74 Å². The van der Waals surface area contributed by atoms with Gasteiger partial charge in [0.25, 0.3) is 0 Å². The Hall–Kier alpha value is -0.380. The second-order valence-corrected chi connectivity index (χ2v) is 5.86. The van der Waals surface area contributed by atoms with Gasteiger partial charge < -0.3 is 10.5 Å². The maximum Gasteiger partial charge on any atom is 0.0576 e. The van der Waals surface area contributed by atoms with Crippen molar-refractivity contribution < 1.29 is 4.74 Å². The zero-order valence-corrected chi connectivity index (χ0v) is 11.4. The molecule has 0 bridgehead atoms. The molecule has 0 spiro atoms. The van der Waals surface area contributed by atoms with E-state index >= 15 is 0 Å². The molecule has 2 nitrogen and oxygen atoms in total. The van der Waals surface area contributed by atoms with Crippen LogP contribution in [0, 0.1) is 0 Å². The lowest BCUT2D eigenvalue weighted by molar-refractivity contribution is 0.104. The minimum Gasteiger partial charge on any atom is -0.399 e. The number of anilines is 1. The first-order valence-corrected chi connectivity index (χ1v) is 7.41. The summed E-state index contributed by atoms with van der Waals surface area (Å²) in [5.41, 5.74) is 6.51. The van der Waals surface area contributed by atoms with Crippen molar-refractivity contribution in [2.45, 2.75) is 36.7 Å². The van der Waals surface area contributed by atoms with Crippen LogP contribution in [0.25, 0.3) is 0 Å². The van der Waals surface area contributed by atoms with Crippen LogP contribution in [0.1, 0.15) is 25.7 Å². The molecule has 1 fully saturated rings. The summed E-state index contributed by atoms with van der Waals surface area (Å²) in [6.07, 6.45) is 5.27. The zero-order valence-electron chi connectivity index (χ0n) is 9.82. The van der Waals surface area contributed by atoms with E-state index in [-0.39, 0.29) is 0 Å². The molecule has 17 heavy (non-hydrogen) atoms. The van der Waals surface area contributed by atoms with Gasteiger partial charge in [0, 0.05) is 17.2 Å². The van der Waals surface area contributed by atoms with E-state index < -0.39 is 0 Å². The molecular weight excluding hydrogens is 254 g/mol. The van der Waals surface area contributed by atoms with Crippen molar-refractivity contribution in [3.8, 4) is 0 Å². The smallest absolute Gasteiger partial charge is 0.0576 e.